The first kappa shape index (κ1) is 23.9. The van der Waals surface area contributed by atoms with Crippen LogP contribution in [-0.2, 0) is 14.3 Å². The molecule has 0 fully saturated rings. The zero-order chi connectivity index (χ0) is 21.3. The predicted molar refractivity (Wildman–Crippen MR) is 105 cm³/mol. The van der Waals surface area contributed by atoms with E-state index in [0.717, 1.165) is 18.4 Å². The van der Waals surface area contributed by atoms with Crippen LogP contribution in [0, 0.1) is 15.0 Å². The van der Waals surface area contributed by atoms with Crippen LogP contribution in [0.15, 0.2) is 17.3 Å². The summed E-state index contributed by atoms with van der Waals surface area (Å²) in [5.74, 6) is -0.763. The summed E-state index contributed by atoms with van der Waals surface area (Å²) < 4.78 is 27.0. The summed E-state index contributed by atoms with van der Waals surface area (Å²) in [7, 11) is -3.73. The molecule has 2 N–H and O–H groups in total. The Hall–Kier alpha value is -2.16. The number of carbonyl (C=O) groups excluding carboxylic acids is 1. The molecule has 0 atom stereocenters. The molecule has 1 rings (SSSR count). The van der Waals surface area contributed by atoms with Crippen molar-refractivity contribution >= 4 is 49.0 Å². The summed E-state index contributed by atoms with van der Waals surface area (Å²) in [4.78, 5) is 35.5. The monoisotopic (exact) mass is 482 g/mol. The van der Waals surface area contributed by atoms with E-state index in [1.807, 2.05) is 0 Å². The number of nitrogens with zero attached hydrogens (tertiary/aromatic N) is 3. The van der Waals surface area contributed by atoms with Gasteiger partial charge in [-0.1, -0.05) is 15.9 Å². The molecule has 0 aliphatic rings. The van der Waals surface area contributed by atoms with E-state index in [1.54, 1.807) is 0 Å². The van der Waals surface area contributed by atoms with Gasteiger partial charge in [-0.05, 0) is 11.2 Å². The third-order valence-corrected chi connectivity index (χ3v) is 4.30. The average molecular weight is 483 g/mol. The first-order valence-corrected chi connectivity index (χ1v) is 10.8. The van der Waals surface area contributed by atoms with E-state index in [0.29, 0.717) is 5.33 Å². The van der Waals surface area contributed by atoms with Crippen molar-refractivity contribution in [3.8, 4) is 0 Å². The zero-order valence-electron chi connectivity index (χ0n) is 14.8. The lowest BCUT2D eigenvalue weighted by Crippen LogP contribution is -2.34. The SMILES string of the molecule is CS(=O)(=O)OCCN(CCBr)c1c(C(=O)NCCO)cc(N=O)cc1[N+](=O)[O-]. The molecule has 0 radical (unpaired) electrons. The molecule has 0 unspecified atom stereocenters. The van der Waals surface area contributed by atoms with E-state index in [9.17, 15) is 28.2 Å². The van der Waals surface area contributed by atoms with Crippen LogP contribution in [0.5, 0.6) is 0 Å². The number of hydrogen-bond donors (Lipinski definition) is 2. The van der Waals surface area contributed by atoms with Crippen LogP contribution < -0.4 is 10.2 Å². The third-order valence-electron chi connectivity index (χ3n) is 3.35. The highest BCUT2D eigenvalue weighted by molar-refractivity contribution is 9.09. The molecule has 28 heavy (non-hydrogen) atoms. The number of hydrogen-bond acceptors (Lipinski definition) is 10. The van der Waals surface area contributed by atoms with Crippen LogP contribution in [0.4, 0.5) is 17.1 Å². The lowest BCUT2D eigenvalue weighted by atomic mass is 10.1. The molecule has 0 bridgehead atoms. The Bertz CT molecular complexity index is 833. The van der Waals surface area contributed by atoms with Gasteiger partial charge in [-0.3, -0.25) is 19.1 Å². The number of nitroso groups, excluding NO2 is 1. The standard InChI is InChI=1S/C14H19BrN4O8S/c1-28(25,26)27-7-5-18(4-2-15)13-11(14(21)16-3-6-20)8-10(17-22)9-12(13)19(23)24/h8-9,20H,2-7H2,1H3,(H,16,21). The third kappa shape index (κ3) is 7.10. The average Bonchev–Trinajstić information content (AvgIpc) is 2.63. The van der Waals surface area contributed by atoms with E-state index < -0.39 is 26.6 Å². The van der Waals surface area contributed by atoms with Gasteiger partial charge in [0.1, 0.15) is 11.4 Å². The summed E-state index contributed by atoms with van der Waals surface area (Å²) in [6, 6.07) is 2.00. The molecule has 1 aromatic rings. The molecular weight excluding hydrogens is 464 g/mol. The van der Waals surface area contributed by atoms with Gasteiger partial charge in [0.2, 0.25) is 0 Å². The lowest BCUT2D eigenvalue weighted by molar-refractivity contribution is -0.384. The Morgan fingerprint density at radius 2 is 2.11 bits per heavy atom. The highest BCUT2D eigenvalue weighted by Gasteiger charge is 2.28. The molecule has 0 aliphatic heterocycles. The molecular formula is C14H19BrN4O8S. The van der Waals surface area contributed by atoms with Crippen molar-refractivity contribution in [2.24, 2.45) is 5.18 Å². The van der Waals surface area contributed by atoms with Crippen LogP contribution in [0.1, 0.15) is 10.4 Å². The van der Waals surface area contributed by atoms with Crippen molar-refractivity contribution in [1.29, 1.82) is 0 Å². The molecule has 0 aliphatic carbocycles. The van der Waals surface area contributed by atoms with Crippen molar-refractivity contribution in [1.82, 2.24) is 5.32 Å². The predicted octanol–water partition coefficient (Wildman–Crippen LogP) is 0.892. The molecule has 0 heterocycles. The Morgan fingerprint density at radius 3 is 2.61 bits per heavy atom. The van der Waals surface area contributed by atoms with Gasteiger partial charge in [0.15, 0.2) is 0 Å². The second-order valence-electron chi connectivity index (χ2n) is 5.39. The first-order valence-electron chi connectivity index (χ1n) is 7.84. The Morgan fingerprint density at radius 1 is 1.43 bits per heavy atom. The number of aliphatic hydroxyl groups excluding tert-OH is 1. The van der Waals surface area contributed by atoms with Crippen molar-refractivity contribution in [3.63, 3.8) is 0 Å². The van der Waals surface area contributed by atoms with Gasteiger partial charge < -0.3 is 15.3 Å². The normalized spacial score (nSPS) is 11.1. The minimum Gasteiger partial charge on any atom is -0.395 e. The molecule has 0 saturated carbocycles. The van der Waals surface area contributed by atoms with Crippen molar-refractivity contribution in [2.45, 2.75) is 0 Å². The first-order chi connectivity index (χ1) is 13.1. The van der Waals surface area contributed by atoms with Crippen LogP contribution in [0.25, 0.3) is 0 Å². The minimum atomic E-state index is -3.73. The van der Waals surface area contributed by atoms with E-state index in [2.05, 4.69) is 30.6 Å². The van der Waals surface area contributed by atoms with E-state index in [-0.39, 0.29) is 49.8 Å². The van der Waals surface area contributed by atoms with E-state index in [1.165, 1.54) is 4.90 Å². The number of halogens is 1. The fraction of sp³-hybridized carbons (Fsp3) is 0.500. The molecule has 12 nitrogen and oxygen atoms in total. The smallest absolute Gasteiger partial charge is 0.295 e. The summed E-state index contributed by atoms with van der Waals surface area (Å²) in [5, 5.41) is 25.8. The van der Waals surface area contributed by atoms with Gasteiger partial charge in [0.25, 0.3) is 21.7 Å². The second-order valence-corrected chi connectivity index (χ2v) is 7.83. The van der Waals surface area contributed by atoms with Crippen molar-refractivity contribution in [2.75, 3.05) is 49.3 Å². The number of anilines is 1. The molecule has 1 aromatic carbocycles. The summed E-state index contributed by atoms with van der Waals surface area (Å²) in [6.07, 6.45) is 0.864. The number of carbonyl (C=O) groups is 1. The number of rotatable bonds is 12. The van der Waals surface area contributed by atoms with E-state index in [4.69, 9.17) is 5.11 Å². The second kappa shape index (κ2) is 11.0. The van der Waals surface area contributed by atoms with Gasteiger partial charge in [0, 0.05) is 31.0 Å². The number of nitro benzene ring substituents is 1. The van der Waals surface area contributed by atoms with Gasteiger partial charge in [0.05, 0.1) is 30.0 Å². The molecule has 1 amide bonds. The topological polar surface area (TPSA) is 169 Å². The van der Waals surface area contributed by atoms with Gasteiger partial charge in [-0.25, -0.2) is 0 Å². The summed E-state index contributed by atoms with van der Waals surface area (Å²) >= 11 is 3.20. The van der Waals surface area contributed by atoms with Crippen LogP contribution >= 0.6 is 15.9 Å². The Kier molecular flexibility index (Phi) is 9.37. The van der Waals surface area contributed by atoms with Crippen LogP contribution in [0.2, 0.25) is 0 Å². The van der Waals surface area contributed by atoms with Gasteiger partial charge in [-0.2, -0.15) is 8.42 Å². The molecule has 0 aromatic heterocycles. The van der Waals surface area contributed by atoms with Crippen molar-refractivity contribution in [3.05, 3.63) is 32.7 Å². The van der Waals surface area contributed by atoms with Crippen LogP contribution in [-0.4, -0.2) is 68.8 Å². The number of nitrogens with one attached hydrogen (secondary N) is 1. The maximum absolute atomic E-state index is 12.5. The van der Waals surface area contributed by atoms with E-state index >= 15 is 0 Å². The number of alkyl halides is 1. The molecule has 0 saturated heterocycles. The highest BCUT2D eigenvalue weighted by atomic mass is 79.9. The number of benzene rings is 1. The van der Waals surface area contributed by atoms with Gasteiger partial charge >= 0.3 is 0 Å². The van der Waals surface area contributed by atoms with Crippen LogP contribution in [0.3, 0.4) is 0 Å². The minimum absolute atomic E-state index is 0.0896. The Labute approximate surface area is 169 Å². The maximum atomic E-state index is 12.5. The molecule has 14 heteroatoms. The largest absolute Gasteiger partial charge is 0.395 e. The maximum Gasteiger partial charge on any atom is 0.295 e. The summed E-state index contributed by atoms with van der Waals surface area (Å²) in [6.45, 7) is -0.702. The number of amides is 1. The Balaban J connectivity index is 3.47. The fourth-order valence-electron chi connectivity index (χ4n) is 2.30. The zero-order valence-corrected chi connectivity index (χ0v) is 17.2. The highest BCUT2D eigenvalue weighted by Crippen LogP contribution is 2.36. The summed E-state index contributed by atoms with van der Waals surface area (Å²) in [5.41, 5.74) is -1.20. The lowest BCUT2D eigenvalue weighted by Gasteiger charge is -2.25. The van der Waals surface area contributed by atoms with Gasteiger partial charge in [-0.15, -0.1) is 4.91 Å². The molecule has 156 valence electrons. The number of nitro groups is 1. The fourth-order valence-corrected chi connectivity index (χ4v) is 3.11. The number of aliphatic hydroxyl groups is 1. The molecule has 0 spiro atoms. The van der Waals surface area contributed by atoms with Crippen molar-refractivity contribution < 1.29 is 27.4 Å². The quantitative estimate of drug-likeness (QED) is 0.144.